The van der Waals surface area contributed by atoms with Crippen LogP contribution < -0.4 is 14.4 Å². The third-order valence-electron chi connectivity index (χ3n) is 6.11. The lowest BCUT2D eigenvalue weighted by Crippen LogP contribution is -2.52. The van der Waals surface area contributed by atoms with E-state index in [4.69, 9.17) is 9.47 Å². The van der Waals surface area contributed by atoms with Crippen molar-refractivity contribution in [2.75, 3.05) is 57.4 Å². The second kappa shape index (κ2) is 10.0. The molecule has 0 atom stereocenters. The number of anilines is 1. The van der Waals surface area contributed by atoms with Gasteiger partial charge in [0.25, 0.3) is 0 Å². The van der Waals surface area contributed by atoms with E-state index < -0.39 is 10.0 Å². The molecule has 0 unspecified atom stereocenters. The molecule has 4 rings (SSSR count). The van der Waals surface area contributed by atoms with Crippen LogP contribution in [-0.4, -0.2) is 76.0 Å². The van der Waals surface area contributed by atoms with Crippen LogP contribution in [0.1, 0.15) is 18.9 Å². The molecule has 0 N–H and O–H groups in total. The molecule has 9 heteroatoms. The zero-order chi connectivity index (χ0) is 23.4. The zero-order valence-corrected chi connectivity index (χ0v) is 20.0. The first-order valence-electron chi connectivity index (χ1n) is 11.4. The normalized spacial score (nSPS) is 16.8. The number of aryl methyl sites for hydroxylation is 1. The van der Waals surface area contributed by atoms with Crippen molar-refractivity contribution in [2.45, 2.75) is 25.2 Å². The Bertz CT molecular complexity index is 1100. The molecule has 0 saturated carbocycles. The SMILES string of the molecule is CCN(CC(=O)N1CCN(S(=O)(=O)c2ccc3c(c2)OCCCO3)CC1)c1ccccc1C. The Balaban J connectivity index is 1.39. The first-order valence-corrected chi connectivity index (χ1v) is 12.8. The number of fused-ring (bicyclic) bond motifs is 1. The Labute approximate surface area is 195 Å². The first kappa shape index (κ1) is 23.4. The van der Waals surface area contributed by atoms with Gasteiger partial charge in [-0.1, -0.05) is 18.2 Å². The Morgan fingerprint density at radius 2 is 1.70 bits per heavy atom. The number of hydrogen-bond acceptors (Lipinski definition) is 6. The quantitative estimate of drug-likeness (QED) is 0.642. The van der Waals surface area contributed by atoms with Crippen LogP contribution in [-0.2, 0) is 14.8 Å². The number of ether oxygens (including phenoxy) is 2. The second-order valence-electron chi connectivity index (χ2n) is 8.24. The van der Waals surface area contributed by atoms with Crippen molar-refractivity contribution in [3.05, 3.63) is 48.0 Å². The van der Waals surface area contributed by atoms with Gasteiger partial charge in [-0.15, -0.1) is 0 Å². The summed E-state index contributed by atoms with van der Waals surface area (Å²) in [6.07, 6.45) is 0.756. The van der Waals surface area contributed by atoms with Crippen molar-refractivity contribution in [1.29, 1.82) is 0 Å². The molecule has 0 bridgehead atoms. The summed E-state index contributed by atoms with van der Waals surface area (Å²) in [7, 11) is -3.68. The summed E-state index contributed by atoms with van der Waals surface area (Å²) in [4.78, 5) is 16.9. The Morgan fingerprint density at radius 3 is 2.39 bits per heavy atom. The molecule has 0 aromatic heterocycles. The second-order valence-corrected chi connectivity index (χ2v) is 10.2. The molecule has 2 aliphatic rings. The third kappa shape index (κ3) is 5.09. The highest BCUT2D eigenvalue weighted by atomic mass is 32.2. The standard InChI is InChI=1S/C24H31N3O5S/c1-3-25(21-8-5-4-7-19(21)2)18-24(28)26-11-13-27(14-12-26)33(29,30)20-9-10-22-23(17-20)32-16-6-15-31-22/h4-5,7-10,17H,3,6,11-16,18H2,1-2H3. The van der Waals surface area contributed by atoms with Gasteiger partial charge in [-0.05, 0) is 37.6 Å². The minimum absolute atomic E-state index is 0.00716. The number of hydrogen-bond donors (Lipinski definition) is 0. The maximum atomic E-state index is 13.2. The Hall–Kier alpha value is -2.78. The molecule has 2 aromatic carbocycles. The van der Waals surface area contributed by atoms with Crippen molar-refractivity contribution >= 4 is 21.6 Å². The Kier molecular flexibility index (Phi) is 7.09. The van der Waals surface area contributed by atoms with Gasteiger partial charge in [-0.3, -0.25) is 4.79 Å². The molecule has 2 aliphatic heterocycles. The van der Waals surface area contributed by atoms with Crippen LogP contribution in [0.3, 0.4) is 0 Å². The first-order chi connectivity index (χ1) is 15.9. The average molecular weight is 474 g/mol. The number of carbonyl (C=O) groups is 1. The summed E-state index contributed by atoms with van der Waals surface area (Å²) in [5.74, 6) is 1.03. The topological polar surface area (TPSA) is 79.4 Å². The predicted octanol–water partition coefficient (Wildman–Crippen LogP) is 2.52. The number of rotatable bonds is 6. The average Bonchev–Trinajstić information content (AvgIpc) is 3.08. The van der Waals surface area contributed by atoms with E-state index >= 15 is 0 Å². The van der Waals surface area contributed by atoms with Gasteiger partial charge in [0.15, 0.2) is 11.5 Å². The van der Waals surface area contributed by atoms with Gasteiger partial charge < -0.3 is 19.3 Å². The zero-order valence-electron chi connectivity index (χ0n) is 19.2. The summed E-state index contributed by atoms with van der Waals surface area (Å²) in [6.45, 7) is 7.36. The number of nitrogens with zero attached hydrogens (tertiary/aromatic N) is 3. The Morgan fingerprint density at radius 1 is 1.00 bits per heavy atom. The lowest BCUT2D eigenvalue weighted by molar-refractivity contribution is -0.130. The van der Waals surface area contributed by atoms with Gasteiger partial charge in [-0.2, -0.15) is 4.31 Å². The number of benzene rings is 2. The van der Waals surface area contributed by atoms with E-state index in [0.717, 1.165) is 24.2 Å². The molecule has 1 amide bonds. The molecule has 1 fully saturated rings. The van der Waals surface area contributed by atoms with E-state index in [0.29, 0.717) is 37.8 Å². The smallest absolute Gasteiger partial charge is 0.243 e. The van der Waals surface area contributed by atoms with Gasteiger partial charge in [0.2, 0.25) is 15.9 Å². The molecule has 0 spiro atoms. The van der Waals surface area contributed by atoms with E-state index in [1.165, 1.54) is 10.4 Å². The third-order valence-corrected chi connectivity index (χ3v) is 8.01. The maximum Gasteiger partial charge on any atom is 0.243 e. The van der Waals surface area contributed by atoms with E-state index in [9.17, 15) is 13.2 Å². The molecule has 2 aromatic rings. The van der Waals surface area contributed by atoms with Crippen LogP contribution in [0.5, 0.6) is 11.5 Å². The molecule has 1 saturated heterocycles. The minimum atomic E-state index is -3.68. The minimum Gasteiger partial charge on any atom is -0.490 e. The lowest BCUT2D eigenvalue weighted by atomic mass is 10.2. The monoisotopic (exact) mass is 473 g/mol. The van der Waals surface area contributed by atoms with Crippen LogP contribution in [0.2, 0.25) is 0 Å². The van der Waals surface area contributed by atoms with E-state index in [1.54, 1.807) is 17.0 Å². The van der Waals surface area contributed by atoms with Gasteiger partial charge >= 0.3 is 0 Å². The molecule has 178 valence electrons. The van der Waals surface area contributed by atoms with E-state index in [2.05, 4.69) is 4.90 Å². The molecule has 0 radical (unpaired) electrons. The van der Waals surface area contributed by atoms with Gasteiger partial charge in [0.05, 0.1) is 24.7 Å². The predicted molar refractivity (Wildman–Crippen MR) is 126 cm³/mol. The number of likely N-dealkylation sites (N-methyl/N-ethyl adjacent to an activating group) is 1. The molecule has 2 heterocycles. The van der Waals surface area contributed by atoms with Crippen molar-refractivity contribution in [3.63, 3.8) is 0 Å². The lowest BCUT2D eigenvalue weighted by Gasteiger charge is -2.35. The number of amides is 1. The van der Waals surface area contributed by atoms with E-state index in [-0.39, 0.29) is 30.4 Å². The highest BCUT2D eigenvalue weighted by Gasteiger charge is 2.31. The van der Waals surface area contributed by atoms with Gasteiger partial charge in [0, 0.05) is 50.9 Å². The summed E-state index contributed by atoms with van der Waals surface area (Å²) in [5.41, 5.74) is 2.17. The van der Waals surface area contributed by atoms with Crippen LogP contribution in [0, 0.1) is 6.92 Å². The number of carbonyl (C=O) groups excluding carboxylic acids is 1. The van der Waals surface area contributed by atoms with Crippen molar-refractivity contribution in [1.82, 2.24) is 9.21 Å². The highest BCUT2D eigenvalue weighted by molar-refractivity contribution is 7.89. The van der Waals surface area contributed by atoms with Gasteiger partial charge in [0.1, 0.15) is 0 Å². The van der Waals surface area contributed by atoms with Crippen LogP contribution in [0.25, 0.3) is 0 Å². The molecule has 8 nitrogen and oxygen atoms in total. The number of para-hydroxylation sites is 1. The van der Waals surface area contributed by atoms with Gasteiger partial charge in [-0.25, -0.2) is 8.42 Å². The van der Waals surface area contributed by atoms with Crippen LogP contribution >= 0.6 is 0 Å². The van der Waals surface area contributed by atoms with Crippen LogP contribution in [0.15, 0.2) is 47.4 Å². The summed E-state index contributed by atoms with van der Waals surface area (Å²) in [6, 6.07) is 12.8. The van der Waals surface area contributed by atoms with Crippen molar-refractivity contribution < 1.29 is 22.7 Å². The molecular formula is C24H31N3O5S. The molecule has 0 aliphatic carbocycles. The largest absolute Gasteiger partial charge is 0.490 e. The fourth-order valence-corrected chi connectivity index (χ4v) is 5.62. The summed E-state index contributed by atoms with van der Waals surface area (Å²) >= 11 is 0. The fourth-order valence-electron chi connectivity index (χ4n) is 4.18. The molecule has 33 heavy (non-hydrogen) atoms. The highest BCUT2D eigenvalue weighted by Crippen LogP contribution is 2.33. The maximum absolute atomic E-state index is 13.2. The summed E-state index contributed by atoms with van der Waals surface area (Å²) < 4.78 is 39.1. The number of piperazine rings is 1. The fraction of sp³-hybridized carbons (Fsp3) is 0.458. The van der Waals surface area contributed by atoms with E-state index in [1.807, 2.05) is 38.1 Å². The van der Waals surface area contributed by atoms with Crippen LogP contribution in [0.4, 0.5) is 5.69 Å². The molecular weight excluding hydrogens is 442 g/mol. The van der Waals surface area contributed by atoms with Crippen molar-refractivity contribution in [2.24, 2.45) is 0 Å². The van der Waals surface area contributed by atoms with Crippen molar-refractivity contribution in [3.8, 4) is 11.5 Å². The number of sulfonamides is 1. The summed E-state index contributed by atoms with van der Waals surface area (Å²) in [5, 5.41) is 0.